The van der Waals surface area contributed by atoms with Crippen LogP contribution in [0.25, 0.3) is 0 Å². The van der Waals surface area contributed by atoms with E-state index in [9.17, 15) is 4.79 Å². The average molecular weight is 171 g/mol. The van der Waals surface area contributed by atoms with Crippen LogP contribution in [-0.4, -0.2) is 18.6 Å². The maximum Gasteiger partial charge on any atom is 0.325 e. The maximum absolute atomic E-state index is 11.2. The Labute approximate surface area is 73.3 Å². The van der Waals surface area contributed by atoms with E-state index in [0.717, 1.165) is 25.7 Å². The van der Waals surface area contributed by atoms with E-state index >= 15 is 0 Å². The second-order valence-corrected chi connectivity index (χ2v) is 3.83. The molecule has 12 heavy (non-hydrogen) atoms. The van der Waals surface area contributed by atoms with Gasteiger partial charge in [-0.3, -0.25) is 4.79 Å². The first kappa shape index (κ1) is 9.52. The molecule has 0 aromatic rings. The molecule has 0 unspecified atom stereocenters. The molecule has 3 nitrogen and oxygen atoms in total. The lowest BCUT2D eigenvalue weighted by molar-refractivity contribution is -0.148. The zero-order valence-electron chi connectivity index (χ0n) is 7.80. The minimum Gasteiger partial charge on any atom is -0.468 e. The molecule has 2 N–H and O–H groups in total. The summed E-state index contributed by atoms with van der Waals surface area (Å²) >= 11 is 0. The Kier molecular flexibility index (Phi) is 2.73. The number of hydrogen-bond acceptors (Lipinski definition) is 3. The van der Waals surface area contributed by atoms with Gasteiger partial charge in [-0.2, -0.15) is 0 Å². The van der Waals surface area contributed by atoms with Gasteiger partial charge in [0.25, 0.3) is 0 Å². The summed E-state index contributed by atoms with van der Waals surface area (Å²) in [5.41, 5.74) is 5.21. The molecule has 0 amide bonds. The van der Waals surface area contributed by atoms with Gasteiger partial charge in [-0.15, -0.1) is 0 Å². The summed E-state index contributed by atoms with van der Waals surface area (Å²) < 4.78 is 4.66. The Hall–Kier alpha value is -0.570. The number of hydrogen-bond donors (Lipinski definition) is 1. The van der Waals surface area contributed by atoms with Gasteiger partial charge in [-0.05, 0) is 31.6 Å². The minimum atomic E-state index is -0.693. The lowest BCUT2D eigenvalue weighted by Crippen LogP contribution is -2.50. The first-order valence-electron chi connectivity index (χ1n) is 4.46. The highest BCUT2D eigenvalue weighted by Crippen LogP contribution is 2.30. The first-order chi connectivity index (χ1) is 5.58. The summed E-state index contributed by atoms with van der Waals surface area (Å²) in [6.45, 7) is 2.19. The Morgan fingerprint density at radius 3 is 2.42 bits per heavy atom. The van der Waals surface area contributed by atoms with Gasteiger partial charge in [-0.25, -0.2) is 0 Å². The Bertz CT molecular complexity index is 171. The summed E-state index contributed by atoms with van der Waals surface area (Å²) in [5.74, 6) is 0.445. The van der Waals surface area contributed by atoms with E-state index in [1.165, 1.54) is 7.11 Å². The topological polar surface area (TPSA) is 52.3 Å². The average Bonchev–Trinajstić information content (AvgIpc) is 2.09. The fraction of sp³-hybridized carbons (Fsp3) is 0.889. The quantitative estimate of drug-likeness (QED) is 0.600. The van der Waals surface area contributed by atoms with Crippen LogP contribution in [-0.2, 0) is 9.53 Å². The van der Waals surface area contributed by atoms with E-state index in [1.54, 1.807) is 0 Å². The van der Waals surface area contributed by atoms with Gasteiger partial charge in [-0.1, -0.05) is 6.92 Å². The number of carbonyl (C=O) groups excluding carboxylic acids is 1. The third kappa shape index (κ3) is 1.78. The van der Waals surface area contributed by atoms with Crippen LogP contribution < -0.4 is 5.73 Å². The molecule has 0 aromatic carbocycles. The summed E-state index contributed by atoms with van der Waals surface area (Å²) in [5, 5.41) is 0. The molecule has 0 radical (unpaired) electrons. The maximum atomic E-state index is 11.2. The second kappa shape index (κ2) is 3.44. The molecule has 0 atom stereocenters. The van der Waals surface area contributed by atoms with Crippen LogP contribution in [0.5, 0.6) is 0 Å². The highest BCUT2D eigenvalue weighted by atomic mass is 16.5. The summed E-state index contributed by atoms with van der Waals surface area (Å²) in [4.78, 5) is 11.2. The highest BCUT2D eigenvalue weighted by molar-refractivity contribution is 5.80. The molecule has 70 valence electrons. The van der Waals surface area contributed by atoms with Crippen molar-refractivity contribution in [1.29, 1.82) is 0 Å². The normalized spacial score (nSPS) is 36.1. The van der Waals surface area contributed by atoms with Crippen molar-refractivity contribution >= 4 is 5.97 Å². The van der Waals surface area contributed by atoms with E-state index in [4.69, 9.17) is 5.73 Å². The highest BCUT2D eigenvalue weighted by Gasteiger charge is 2.37. The molecule has 1 rings (SSSR count). The Morgan fingerprint density at radius 2 is 2.00 bits per heavy atom. The Balaban J connectivity index is 2.55. The van der Waals surface area contributed by atoms with E-state index in [0.29, 0.717) is 5.92 Å². The van der Waals surface area contributed by atoms with E-state index < -0.39 is 5.54 Å². The van der Waals surface area contributed by atoms with Gasteiger partial charge in [0.1, 0.15) is 5.54 Å². The molecule has 0 saturated heterocycles. The lowest BCUT2D eigenvalue weighted by atomic mass is 9.78. The van der Waals surface area contributed by atoms with Gasteiger partial charge >= 0.3 is 5.97 Å². The van der Waals surface area contributed by atoms with Crippen molar-refractivity contribution in [2.75, 3.05) is 7.11 Å². The summed E-state index contributed by atoms with van der Waals surface area (Å²) in [6.07, 6.45) is 3.60. The number of rotatable bonds is 1. The third-order valence-electron chi connectivity index (χ3n) is 2.76. The molecule has 1 fully saturated rings. The molecule has 1 aliphatic rings. The van der Waals surface area contributed by atoms with Crippen molar-refractivity contribution in [2.45, 2.75) is 38.1 Å². The summed E-state index contributed by atoms with van der Waals surface area (Å²) in [6, 6.07) is 0. The zero-order valence-corrected chi connectivity index (χ0v) is 7.80. The van der Waals surface area contributed by atoms with Crippen LogP contribution in [0.15, 0.2) is 0 Å². The fourth-order valence-corrected chi connectivity index (χ4v) is 1.68. The second-order valence-electron chi connectivity index (χ2n) is 3.83. The van der Waals surface area contributed by atoms with E-state index in [2.05, 4.69) is 11.7 Å². The third-order valence-corrected chi connectivity index (χ3v) is 2.76. The van der Waals surface area contributed by atoms with Crippen LogP contribution in [0, 0.1) is 5.92 Å². The van der Waals surface area contributed by atoms with Crippen molar-refractivity contribution in [3.63, 3.8) is 0 Å². The van der Waals surface area contributed by atoms with Gasteiger partial charge in [0.2, 0.25) is 0 Å². The molecule has 0 aromatic heterocycles. The van der Waals surface area contributed by atoms with Gasteiger partial charge < -0.3 is 10.5 Å². The van der Waals surface area contributed by atoms with Crippen molar-refractivity contribution in [3.8, 4) is 0 Å². The summed E-state index contributed by atoms with van der Waals surface area (Å²) in [7, 11) is 1.40. The molecule has 1 saturated carbocycles. The molecule has 0 heterocycles. The zero-order chi connectivity index (χ0) is 9.19. The van der Waals surface area contributed by atoms with Crippen LogP contribution in [0.1, 0.15) is 32.6 Å². The molecule has 1 aliphatic carbocycles. The van der Waals surface area contributed by atoms with Crippen LogP contribution >= 0.6 is 0 Å². The minimum absolute atomic E-state index is 0.255. The molecule has 0 aliphatic heterocycles. The lowest BCUT2D eigenvalue weighted by Gasteiger charge is -2.33. The van der Waals surface area contributed by atoms with Crippen LogP contribution in [0.4, 0.5) is 0 Å². The first-order valence-corrected chi connectivity index (χ1v) is 4.46. The number of esters is 1. The van der Waals surface area contributed by atoms with E-state index in [-0.39, 0.29) is 5.97 Å². The van der Waals surface area contributed by atoms with Gasteiger partial charge in [0.05, 0.1) is 7.11 Å². The monoisotopic (exact) mass is 171 g/mol. The fourth-order valence-electron chi connectivity index (χ4n) is 1.68. The number of methoxy groups -OCH3 is 1. The smallest absolute Gasteiger partial charge is 0.325 e. The largest absolute Gasteiger partial charge is 0.468 e. The van der Waals surface area contributed by atoms with Crippen LogP contribution in [0.2, 0.25) is 0 Å². The van der Waals surface area contributed by atoms with Crippen molar-refractivity contribution in [2.24, 2.45) is 11.7 Å². The van der Waals surface area contributed by atoms with Crippen LogP contribution in [0.3, 0.4) is 0 Å². The van der Waals surface area contributed by atoms with Gasteiger partial charge in [0, 0.05) is 0 Å². The standard InChI is InChI=1S/C9H17NO2/c1-7-3-5-9(10,6-4-7)8(11)12-2/h7H,3-6,10H2,1-2H3/t7-,9+. The number of ether oxygens (including phenoxy) is 1. The SMILES string of the molecule is COC(=O)[C@]1(N)CC[C@@H](C)CC1. The Morgan fingerprint density at radius 1 is 1.50 bits per heavy atom. The molecule has 0 bridgehead atoms. The van der Waals surface area contributed by atoms with Crippen molar-refractivity contribution < 1.29 is 9.53 Å². The molecule has 0 spiro atoms. The van der Waals surface area contributed by atoms with Crippen molar-refractivity contribution in [3.05, 3.63) is 0 Å². The number of nitrogens with two attached hydrogens (primary N) is 1. The predicted molar refractivity (Wildman–Crippen MR) is 46.6 cm³/mol. The van der Waals surface area contributed by atoms with Gasteiger partial charge in [0.15, 0.2) is 0 Å². The molecular weight excluding hydrogens is 154 g/mol. The predicted octanol–water partition coefficient (Wildman–Crippen LogP) is 1.07. The molecule has 3 heteroatoms. The number of carbonyl (C=O) groups is 1. The molecular formula is C9H17NO2. The van der Waals surface area contributed by atoms with Crippen molar-refractivity contribution in [1.82, 2.24) is 0 Å². The van der Waals surface area contributed by atoms with E-state index in [1.807, 2.05) is 0 Å².